The van der Waals surface area contributed by atoms with Crippen LogP contribution in [-0.4, -0.2) is 11.9 Å². The minimum Gasteiger partial charge on any atom is -0.419 e. The van der Waals surface area contributed by atoms with E-state index in [2.05, 4.69) is 13.8 Å². The van der Waals surface area contributed by atoms with Gasteiger partial charge in [0.05, 0.1) is 11.1 Å². The molecule has 32 heavy (non-hydrogen) atoms. The standard InChI is InChI=1S/C28H30O4/c1-4-6-13-21(5-2)24-19-18-20(3)25(31-27(29)22-14-9-7-10-15-22)26(24)32-28(30)23-16-11-8-12-17-23/h7-12,14-19,21H,4-6,13H2,1-3H3. The molecule has 4 nitrogen and oxygen atoms in total. The molecule has 0 bridgehead atoms. The highest BCUT2D eigenvalue weighted by molar-refractivity contribution is 5.93. The lowest BCUT2D eigenvalue weighted by Gasteiger charge is -2.22. The zero-order valence-electron chi connectivity index (χ0n) is 19.0. The first-order chi connectivity index (χ1) is 15.5. The number of ether oxygens (including phenoxy) is 2. The number of benzene rings is 3. The van der Waals surface area contributed by atoms with Crippen molar-refractivity contribution < 1.29 is 19.1 Å². The lowest BCUT2D eigenvalue weighted by atomic mass is 9.89. The number of carbonyl (C=O) groups is 2. The molecule has 0 aromatic heterocycles. The van der Waals surface area contributed by atoms with Crippen LogP contribution in [0.2, 0.25) is 0 Å². The molecule has 0 heterocycles. The molecule has 3 aromatic rings. The van der Waals surface area contributed by atoms with Crippen LogP contribution in [0.5, 0.6) is 11.5 Å². The summed E-state index contributed by atoms with van der Waals surface area (Å²) >= 11 is 0. The molecule has 0 aliphatic carbocycles. The SMILES string of the molecule is CCCCC(CC)c1ccc(C)c(OC(=O)c2ccccc2)c1OC(=O)c1ccccc1. The van der Waals surface area contributed by atoms with Gasteiger partial charge >= 0.3 is 11.9 Å². The van der Waals surface area contributed by atoms with Crippen molar-refractivity contribution in [2.24, 2.45) is 0 Å². The van der Waals surface area contributed by atoms with Crippen LogP contribution in [0, 0.1) is 6.92 Å². The molecule has 1 atom stereocenters. The van der Waals surface area contributed by atoms with Gasteiger partial charge < -0.3 is 9.47 Å². The average Bonchev–Trinajstić information content (AvgIpc) is 2.83. The third-order valence-corrected chi connectivity index (χ3v) is 5.59. The van der Waals surface area contributed by atoms with E-state index in [4.69, 9.17) is 9.47 Å². The Labute approximate surface area is 190 Å². The second-order valence-corrected chi connectivity index (χ2v) is 7.89. The van der Waals surface area contributed by atoms with Crippen LogP contribution in [0.15, 0.2) is 72.8 Å². The summed E-state index contributed by atoms with van der Waals surface area (Å²) in [6, 6.07) is 21.6. The van der Waals surface area contributed by atoms with Gasteiger partial charge in [0.1, 0.15) is 0 Å². The monoisotopic (exact) mass is 430 g/mol. The second kappa shape index (κ2) is 11.3. The topological polar surface area (TPSA) is 52.6 Å². The number of aryl methyl sites for hydroxylation is 1. The highest BCUT2D eigenvalue weighted by atomic mass is 16.6. The number of esters is 2. The summed E-state index contributed by atoms with van der Waals surface area (Å²) in [6.07, 6.45) is 4.01. The van der Waals surface area contributed by atoms with E-state index in [1.165, 1.54) is 0 Å². The first-order valence-corrected chi connectivity index (χ1v) is 11.2. The van der Waals surface area contributed by atoms with Gasteiger partial charge in [0.15, 0.2) is 11.5 Å². The Morgan fingerprint density at radius 3 is 1.78 bits per heavy atom. The van der Waals surface area contributed by atoms with Gasteiger partial charge in [-0.3, -0.25) is 0 Å². The van der Waals surface area contributed by atoms with Crippen LogP contribution < -0.4 is 9.47 Å². The lowest BCUT2D eigenvalue weighted by molar-refractivity contribution is 0.0679. The first-order valence-electron chi connectivity index (χ1n) is 11.2. The maximum Gasteiger partial charge on any atom is 0.343 e. The van der Waals surface area contributed by atoms with Crippen molar-refractivity contribution in [3.63, 3.8) is 0 Å². The fourth-order valence-electron chi connectivity index (χ4n) is 3.71. The number of rotatable bonds is 9. The van der Waals surface area contributed by atoms with E-state index in [0.29, 0.717) is 22.6 Å². The second-order valence-electron chi connectivity index (χ2n) is 7.89. The summed E-state index contributed by atoms with van der Waals surface area (Å²) in [7, 11) is 0. The Morgan fingerprint density at radius 1 is 0.750 bits per heavy atom. The smallest absolute Gasteiger partial charge is 0.343 e. The third-order valence-electron chi connectivity index (χ3n) is 5.59. The molecule has 0 aliphatic heterocycles. The van der Waals surface area contributed by atoms with Gasteiger partial charge in [-0.1, -0.05) is 75.2 Å². The number of hydrogen-bond acceptors (Lipinski definition) is 4. The van der Waals surface area contributed by atoms with Gasteiger partial charge in [-0.05, 0) is 55.5 Å². The molecule has 0 aliphatic rings. The van der Waals surface area contributed by atoms with Crippen molar-refractivity contribution >= 4 is 11.9 Å². The van der Waals surface area contributed by atoms with E-state index in [9.17, 15) is 9.59 Å². The van der Waals surface area contributed by atoms with Crippen molar-refractivity contribution in [3.8, 4) is 11.5 Å². The minimum atomic E-state index is -0.482. The molecule has 0 amide bonds. The molecule has 0 spiro atoms. The summed E-state index contributed by atoms with van der Waals surface area (Å²) in [5.41, 5.74) is 2.52. The normalized spacial score (nSPS) is 11.6. The predicted molar refractivity (Wildman–Crippen MR) is 127 cm³/mol. The molecule has 3 aromatic carbocycles. The van der Waals surface area contributed by atoms with E-state index >= 15 is 0 Å². The summed E-state index contributed by atoms with van der Waals surface area (Å²) in [6.45, 7) is 6.13. The Hall–Kier alpha value is -3.40. The van der Waals surface area contributed by atoms with Crippen LogP contribution in [0.4, 0.5) is 0 Å². The molecule has 1 unspecified atom stereocenters. The Morgan fingerprint density at radius 2 is 1.28 bits per heavy atom. The zero-order valence-corrected chi connectivity index (χ0v) is 19.0. The van der Waals surface area contributed by atoms with Gasteiger partial charge in [0.25, 0.3) is 0 Å². The number of hydrogen-bond donors (Lipinski definition) is 0. The van der Waals surface area contributed by atoms with Crippen molar-refractivity contribution in [3.05, 3.63) is 95.1 Å². The van der Waals surface area contributed by atoms with Gasteiger partial charge in [0.2, 0.25) is 0 Å². The average molecular weight is 431 g/mol. The van der Waals surface area contributed by atoms with Crippen LogP contribution in [0.25, 0.3) is 0 Å². The van der Waals surface area contributed by atoms with E-state index in [1.54, 1.807) is 48.5 Å². The molecule has 0 radical (unpaired) electrons. The molecule has 0 saturated heterocycles. The van der Waals surface area contributed by atoms with E-state index < -0.39 is 11.9 Å². The molecule has 4 heteroatoms. The molecule has 166 valence electrons. The first kappa shape index (κ1) is 23.3. The molecule has 0 fully saturated rings. The molecule has 0 saturated carbocycles. The number of unbranched alkanes of at least 4 members (excludes halogenated alkanes) is 1. The zero-order chi connectivity index (χ0) is 22.9. The third kappa shape index (κ3) is 5.64. The maximum atomic E-state index is 12.9. The summed E-state index contributed by atoms with van der Waals surface area (Å²) in [5.74, 6) is -0.116. The van der Waals surface area contributed by atoms with Crippen LogP contribution >= 0.6 is 0 Å². The number of carbonyl (C=O) groups excluding carboxylic acids is 2. The summed E-state index contributed by atoms with van der Waals surface area (Å²) < 4.78 is 11.7. The van der Waals surface area contributed by atoms with E-state index in [1.807, 2.05) is 31.2 Å². The minimum absolute atomic E-state index is 0.198. The molecular formula is C28H30O4. The van der Waals surface area contributed by atoms with Gasteiger partial charge in [-0.15, -0.1) is 0 Å². The fraction of sp³-hybridized carbons (Fsp3) is 0.286. The van der Waals surface area contributed by atoms with Crippen molar-refractivity contribution in [1.82, 2.24) is 0 Å². The largest absolute Gasteiger partial charge is 0.419 e. The van der Waals surface area contributed by atoms with Gasteiger partial charge in [0, 0.05) is 5.56 Å². The van der Waals surface area contributed by atoms with Crippen LogP contribution in [0.1, 0.15) is 77.3 Å². The highest BCUT2D eigenvalue weighted by Gasteiger charge is 2.25. The Bertz CT molecular complexity index is 1040. The van der Waals surface area contributed by atoms with Crippen LogP contribution in [0.3, 0.4) is 0 Å². The van der Waals surface area contributed by atoms with Crippen molar-refractivity contribution in [2.75, 3.05) is 0 Å². The summed E-state index contributed by atoms with van der Waals surface area (Å²) in [5, 5.41) is 0. The van der Waals surface area contributed by atoms with E-state index in [0.717, 1.165) is 36.8 Å². The Balaban J connectivity index is 2.04. The Kier molecular flexibility index (Phi) is 8.20. The molecule has 0 N–H and O–H groups in total. The van der Waals surface area contributed by atoms with Crippen molar-refractivity contribution in [2.45, 2.75) is 52.4 Å². The fourth-order valence-corrected chi connectivity index (χ4v) is 3.71. The highest BCUT2D eigenvalue weighted by Crippen LogP contribution is 2.42. The summed E-state index contributed by atoms with van der Waals surface area (Å²) in [4.78, 5) is 25.8. The quantitative estimate of drug-likeness (QED) is 0.268. The van der Waals surface area contributed by atoms with Gasteiger partial charge in [-0.25, -0.2) is 9.59 Å². The van der Waals surface area contributed by atoms with Gasteiger partial charge in [-0.2, -0.15) is 0 Å². The van der Waals surface area contributed by atoms with Crippen molar-refractivity contribution in [1.29, 1.82) is 0 Å². The molecule has 3 rings (SSSR count). The predicted octanol–water partition coefficient (Wildman–Crippen LogP) is 7.12. The van der Waals surface area contributed by atoms with Crippen LogP contribution in [-0.2, 0) is 0 Å². The van der Waals surface area contributed by atoms with E-state index in [-0.39, 0.29) is 5.92 Å². The maximum absolute atomic E-state index is 12.9. The lowest BCUT2D eigenvalue weighted by Crippen LogP contribution is -2.15. The molecular weight excluding hydrogens is 400 g/mol.